The second-order valence-electron chi connectivity index (χ2n) is 9.80. The highest BCUT2D eigenvalue weighted by atomic mass is 32.2. The van der Waals surface area contributed by atoms with Crippen LogP contribution in [0.3, 0.4) is 0 Å². The van der Waals surface area contributed by atoms with Gasteiger partial charge < -0.3 is 10.3 Å². The number of nitrogens with zero attached hydrogens (tertiary/aromatic N) is 5. The normalized spacial score (nSPS) is 18.6. The van der Waals surface area contributed by atoms with Crippen LogP contribution >= 0.6 is 0 Å². The number of anilines is 1. The molecule has 39 heavy (non-hydrogen) atoms. The van der Waals surface area contributed by atoms with Gasteiger partial charge in [0.25, 0.3) is 0 Å². The van der Waals surface area contributed by atoms with Crippen molar-refractivity contribution in [2.75, 3.05) is 11.6 Å². The predicted molar refractivity (Wildman–Crippen MR) is 139 cm³/mol. The molecule has 0 amide bonds. The van der Waals surface area contributed by atoms with Crippen molar-refractivity contribution < 1.29 is 21.6 Å². The molecular formula is C26H24F3N7O2S. The van der Waals surface area contributed by atoms with E-state index < -0.39 is 21.6 Å². The molecule has 0 unspecified atom stereocenters. The third-order valence-corrected chi connectivity index (χ3v) is 8.25. The van der Waals surface area contributed by atoms with Gasteiger partial charge >= 0.3 is 6.18 Å². The number of fused-ring (bicyclic) bond motifs is 2. The summed E-state index contributed by atoms with van der Waals surface area (Å²) >= 11 is 0. The van der Waals surface area contributed by atoms with Gasteiger partial charge in [-0.25, -0.2) is 18.4 Å². The number of hydrogen-bond acceptors (Lipinski definition) is 7. The minimum atomic E-state index is -4.62. The SMILES string of the molecule is CS(=O)(=O)c1cccn2c([C@H]3CCC[C@@H](Nc4ncc(C(F)(F)F)c(-c5c[nH]c6ccccc56)n4)C3)nnc12. The average Bonchev–Trinajstić information content (AvgIpc) is 3.52. The molecule has 202 valence electrons. The van der Waals surface area contributed by atoms with Crippen LogP contribution in [0.1, 0.15) is 43.0 Å². The summed E-state index contributed by atoms with van der Waals surface area (Å²) in [5.74, 6) is 0.720. The summed E-state index contributed by atoms with van der Waals surface area (Å²) in [7, 11) is -3.48. The van der Waals surface area contributed by atoms with Gasteiger partial charge in [0.1, 0.15) is 16.3 Å². The molecule has 9 nitrogen and oxygen atoms in total. The van der Waals surface area contributed by atoms with Crippen LogP contribution in [0.2, 0.25) is 0 Å². The van der Waals surface area contributed by atoms with Crippen molar-refractivity contribution in [2.24, 2.45) is 0 Å². The number of halogens is 3. The van der Waals surface area contributed by atoms with Crippen LogP contribution in [0.15, 0.2) is 59.9 Å². The van der Waals surface area contributed by atoms with E-state index in [9.17, 15) is 21.6 Å². The fraction of sp³-hybridized carbons (Fsp3) is 0.308. The zero-order valence-corrected chi connectivity index (χ0v) is 21.6. The van der Waals surface area contributed by atoms with Crippen LogP contribution in [0.5, 0.6) is 0 Å². The number of para-hydroxylation sites is 1. The molecule has 0 saturated heterocycles. The van der Waals surface area contributed by atoms with Crippen molar-refractivity contribution in [3.05, 3.63) is 66.4 Å². The van der Waals surface area contributed by atoms with Crippen LogP contribution in [-0.2, 0) is 16.0 Å². The summed E-state index contributed by atoms with van der Waals surface area (Å²) in [6, 6.07) is 10.1. The Labute approximate surface area is 221 Å². The van der Waals surface area contributed by atoms with Crippen LogP contribution in [0.4, 0.5) is 19.1 Å². The number of nitrogens with one attached hydrogen (secondary N) is 2. The van der Waals surface area contributed by atoms with Gasteiger partial charge in [-0.15, -0.1) is 10.2 Å². The quantitative estimate of drug-likeness (QED) is 0.305. The number of benzene rings is 1. The smallest absolute Gasteiger partial charge is 0.360 e. The van der Waals surface area contributed by atoms with Crippen molar-refractivity contribution in [3.63, 3.8) is 0 Å². The fourth-order valence-corrected chi connectivity index (χ4v) is 6.14. The zero-order chi connectivity index (χ0) is 27.4. The van der Waals surface area contributed by atoms with Gasteiger partial charge in [-0.1, -0.05) is 24.6 Å². The molecule has 0 radical (unpaired) electrons. The van der Waals surface area contributed by atoms with Crippen LogP contribution < -0.4 is 5.32 Å². The Kier molecular flexibility index (Phi) is 6.05. The maximum atomic E-state index is 13.9. The molecule has 1 aliphatic rings. The average molecular weight is 556 g/mol. The first-order chi connectivity index (χ1) is 18.6. The maximum Gasteiger partial charge on any atom is 0.419 e. The Morgan fingerprint density at radius 2 is 1.92 bits per heavy atom. The molecule has 2 N–H and O–H groups in total. The molecule has 13 heteroatoms. The number of alkyl halides is 3. The summed E-state index contributed by atoms with van der Waals surface area (Å²) in [6.45, 7) is 0. The minimum Gasteiger partial charge on any atom is -0.360 e. The highest BCUT2D eigenvalue weighted by Crippen LogP contribution is 2.39. The van der Waals surface area contributed by atoms with Gasteiger partial charge in [-0.05, 0) is 37.5 Å². The van der Waals surface area contributed by atoms with E-state index in [1.807, 2.05) is 0 Å². The van der Waals surface area contributed by atoms with Crippen molar-refractivity contribution in [1.29, 1.82) is 0 Å². The summed E-state index contributed by atoms with van der Waals surface area (Å²) in [4.78, 5) is 11.5. The summed E-state index contributed by atoms with van der Waals surface area (Å²) in [5.41, 5.74) is 0.238. The Morgan fingerprint density at radius 1 is 1.10 bits per heavy atom. The third kappa shape index (κ3) is 4.71. The van der Waals surface area contributed by atoms with Crippen molar-refractivity contribution in [1.82, 2.24) is 29.5 Å². The van der Waals surface area contributed by atoms with Gasteiger partial charge in [0, 0.05) is 53.3 Å². The van der Waals surface area contributed by atoms with Crippen molar-refractivity contribution >= 4 is 32.3 Å². The first-order valence-electron chi connectivity index (χ1n) is 12.4. The van der Waals surface area contributed by atoms with Crippen molar-refractivity contribution in [3.8, 4) is 11.3 Å². The molecule has 0 spiro atoms. The Hall–Kier alpha value is -4.00. The molecular weight excluding hydrogens is 531 g/mol. The predicted octanol–water partition coefficient (Wildman–Crippen LogP) is 5.23. The molecule has 1 aromatic carbocycles. The lowest BCUT2D eigenvalue weighted by atomic mass is 9.85. The minimum absolute atomic E-state index is 0.0383. The van der Waals surface area contributed by atoms with Gasteiger partial charge in [0.05, 0.1) is 5.69 Å². The van der Waals surface area contributed by atoms with Gasteiger partial charge in [0.2, 0.25) is 5.95 Å². The zero-order valence-electron chi connectivity index (χ0n) is 20.8. The monoisotopic (exact) mass is 555 g/mol. The number of aromatic amines is 1. The second-order valence-corrected chi connectivity index (χ2v) is 11.8. The van der Waals surface area contributed by atoms with Crippen LogP contribution in [-0.4, -0.2) is 50.3 Å². The van der Waals surface area contributed by atoms with E-state index in [0.29, 0.717) is 28.7 Å². The highest BCUT2D eigenvalue weighted by Gasteiger charge is 2.36. The molecule has 1 saturated carbocycles. The summed E-state index contributed by atoms with van der Waals surface area (Å²) in [5, 5.41) is 12.3. The number of aromatic nitrogens is 6. The highest BCUT2D eigenvalue weighted by molar-refractivity contribution is 7.90. The fourth-order valence-electron chi connectivity index (χ4n) is 5.35. The van der Waals surface area contributed by atoms with Crippen molar-refractivity contribution in [2.45, 2.75) is 48.7 Å². The molecule has 0 aliphatic heterocycles. The lowest BCUT2D eigenvalue weighted by Gasteiger charge is -2.29. The summed E-state index contributed by atoms with van der Waals surface area (Å²) < 4.78 is 67.8. The van der Waals surface area contributed by atoms with E-state index >= 15 is 0 Å². The third-order valence-electron chi connectivity index (χ3n) is 7.14. The van der Waals surface area contributed by atoms with E-state index in [4.69, 9.17) is 0 Å². The Balaban J connectivity index is 1.30. The number of pyridine rings is 1. The number of sulfone groups is 1. The molecule has 0 bridgehead atoms. The first-order valence-corrected chi connectivity index (χ1v) is 14.3. The lowest BCUT2D eigenvalue weighted by Crippen LogP contribution is -2.28. The van der Waals surface area contributed by atoms with Crippen LogP contribution in [0, 0.1) is 0 Å². The van der Waals surface area contributed by atoms with E-state index in [1.54, 1.807) is 40.9 Å². The summed E-state index contributed by atoms with van der Waals surface area (Å²) in [6.07, 6.45) is 3.63. The Morgan fingerprint density at radius 3 is 2.72 bits per heavy atom. The molecule has 4 aromatic heterocycles. The molecule has 5 aromatic rings. The largest absolute Gasteiger partial charge is 0.419 e. The number of H-pyrrole nitrogens is 1. The van der Waals surface area contributed by atoms with Gasteiger partial charge in [0.15, 0.2) is 15.5 Å². The van der Waals surface area contributed by atoms with Gasteiger partial charge in [-0.3, -0.25) is 4.40 Å². The molecule has 6 rings (SSSR count). The lowest BCUT2D eigenvalue weighted by molar-refractivity contribution is -0.137. The number of hydrogen-bond donors (Lipinski definition) is 2. The number of rotatable bonds is 5. The Bertz CT molecular complexity index is 1800. The van der Waals surface area contributed by atoms with E-state index in [0.717, 1.165) is 31.7 Å². The second kappa shape index (κ2) is 9.33. The molecule has 1 aliphatic carbocycles. The van der Waals surface area contributed by atoms with E-state index in [2.05, 4.69) is 30.5 Å². The standard InChI is InChI=1S/C26H24F3N7O2S/c1-39(37,38)21-10-5-11-36-23(34-35-24(21)36)15-6-4-7-16(12-15)32-25-31-14-19(26(27,28)29)22(33-25)18-13-30-20-9-3-2-8-17(18)20/h2-3,5,8-11,13-16,30H,4,6-7,12H2,1H3,(H,31,32,33)/t15-,16+/m0/s1. The van der Waals surface area contributed by atoms with E-state index in [-0.39, 0.29) is 34.1 Å². The molecule has 2 atom stereocenters. The van der Waals surface area contributed by atoms with Crippen LogP contribution in [0.25, 0.3) is 27.8 Å². The molecule has 4 heterocycles. The van der Waals surface area contributed by atoms with E-state index in [1.165, 1.54) is 12.3 Å². The molecule has 1 fully saturated rings. The maximum absolute atomic E-state index is 13.9. The van der Waals surface area contributed by atoms with Gasteiger partial charge in [-0.2, -0.15) is 13.2 Å². The first kappa shape index (κ1) is 25.3. The topological polar surface area (TPSA) is 118 Å².